The molecule has 10 rings (SSSR count). The Morgan fingerprint density at radius 1 is 0.713 bits per heavy atom. The number of phenolic OH excluding ortho intramolecular Hbond substituents is 2. The Kier molecular flexibility index (Phi) is 21.5. The Morgan fingerprint density at radius 3 is 1.86 bits per heavy atom. The summed E-state index contributed by atoms with van der Waals surface area (Å²) in [4.78, 5) is 71.8. The number of nitrogens with zero attached hydrogens (tertiary/aromatic N) is 7. The second kappa shape index (κ2) is 28.1. The Labute approximate surface area is 517 Å². The summed E-state index contributed by atoms with van der Waals surface area (Å²) in [6, 6.07) is 26.2. The number of likely N-dealkylation sites (N-methyl/N-ethyl adjacent to an activating group) is 2. The monoisotopic (exact) mass is 1270 g/mol. The molecule has 455 valence electrons. The molecule has 2 aromatic heterocycles. The van der Waals surface area contributed by atoms with E-state index in [1.807, 2.05) is 18.2 Å². The van der Waals surface area contributed by atoms with Crippen LogP contribution in [-0.4, -0.2) is 82.0 Å². The maximum atomic E-state index is 13.6. The minimum Gasteiger partial charge on any atom is -0.506 e. The first-order chi connectivity index (χ1) is 40.9. The number of non-ortho nitro benzene ring substituents is 1. The number of carbonyl (C=O) groups is 1. The fourth-order valence-corrected chi connectivity index (χ4v) is 10.7. The number of unbranched alkanes of at least 4 members (excludes halogenated alkanes) is 1. The van der Waals surface area contributed by atoms with E-state index < -0.39 is 39.2 Å². The van der Waals surface area contributed by atoms with Crippen LogP contribution < -0.4 is 35.9 Å². The van der Waals surface area contributed by atoms with Crippen LogP contribution in [0.3, 0.4) is 0 Å². The standard InChI is InChI=1S/C40H47N2O3.C10H7N5O5S.C10H8N4O3S.Co.O2/c1-10-13-18-44-38(43)28-17-15-14-16-27(28)37-31-19-29-25(4)23-39(6,7)41(11-2)33(29)21-35(31)45-36-22-34-30(20-32(36)37)26(5)24-40(8,9)42(34)12-3;16-6-3-4(15(19)20)1-2-5(6)13-14-7-8(17)11-10(21)12-9(7)18;15-6-4-2-1-3-5(6)13-14-7-8(16)11-10(18)12-9(7)17;;1-2/h14-17,19-24H,10-13,18H2,1-9H3;1-3,16H,(H3,11,12,17,18,21);1-4,15H,(H3,11,12,16,17,18);;/q+1;;;;. The van der Waals surface area contributed by atoms with Gasteiger partial charge in [-0.1, -0.05) is 49.8 Å². The molecule has 3 aliphatic heterocycles. The maximum Gasteiger partial charge on any atom is 0.338 e. The number of anilines is 1. The predicted molar refractivity (Wildman–Crippen MR) is 331 cm³/mol. The third kappa shape index (κ3) is 14.6. The second-order valence-corrected chi connectivity index (χ2v) is 21.5. The molecule has 0 amide bonds. The molecule has 5 aromatic carbocycles. The molecule has 87 heavy (non-hydrogen) atoms. The normalized spacial score (nSPS) is 13.9. The number of rotatable bonds is 12. The number of benzene rings is 5. The number of carbonyl (C=O) groups excluding carboxylic acids is 1. The third-order valence-electron chi connectivity index (χ3n) is 14.1. The van der Waals surface area contributed by atoms with Gasteiger partial charge in [0.25, 0.3) is 16.8 Å². The molecule has 0 aliphatic carbocycles. The number of hydrogen-bond acceptors (Lipinski definition) is 20. The number of nitro benzene ring substituents is 1. The number of aromatic hydroxyl groups is 4. The van der Waals surface area contributed by atoms with Crippen molar-refractivity contribution in [3.63, 3.8) is 0 Å². The molecule has 0 saturated carbocycles. The van der Waals surface area contributed by atoms with Gasteiger partial charge in [0.05, 0.1) is 34.8 Å². The number of nitrogens with one attached hydrogen (secondary N) is 4. The molecule has 8 N–H and O–H groups in total. The van der Waals surface area contributed by atoms with Crippen LogP contribution in [0, 0.1) is 29.6 Å². The van der Waals surface area contributed by atoms with E-state index in [0.29, 0.717) is 12.2 Å². The zero-order valence-corrected chi connectivity index (χ0v) is 51.3. The number of H-pyrrole nitrogens is 4. The van der Waals surface area contributed by atoms with E-state index in [2.05, 4.69) is 179 Å². The number of allylic oxidation sites excluding steroid dienone is 2. The molecule has 0 fully saturated rings. The number of ether oxygens (including phenoxy) is 2. The van der Waals surface area contributed by atoms with E-state index in [-0.39, 0.29) is 71.9 Å². The number of aromatic nitrogens is 4. The fourth-order valence-electron chi connectivity index (χ4n) is 10.3. The first-order valence-corrected chi connectivity index (χ1v) is 27.7. The number of azo groups is 2. The van der Waals surface area contributed by atoms with Crippen molar-refractivity contribution in [1.29, 1.82) is 0 Å². The third-order valence-corrected chi connectivity index (χ3v) is 14.5. The Balaban J connectivity index is 0.000000238. The van der Waals surface area contributed by atoms with Crippen molar-refractivity contribution in [1.82, 2.24) is 24.5 Å². The van der Waals surface area contributed by atoms with Crippen LogP contribution in [0.15, 0.2) is 133 Å². The van der Waals surface area contributed by atoms with Gasteiger partial charge in [0.15, 0.2) is 15.1 Å². The summed E-state index contributed by atoms with van der Waals surface area (Å²) < 4.78 is 15.0. The molecular formula is C60H62CoN11O13S2+. The number of fused-ring (bicyclic) bond motifs is 4. The SMILES string of the molecule is CCCCOC(=O)c1ccccc1C1=c2cc3c(cc2Oc2cc4c(cc21)C(C)=CC(C)(C)N4CC)=[N+](CC)C(C)(C)C=C3C.O=O.O=c1[nH]c(=S)[nH]c(O)c1N=Nc1ccc([N+](=O)[O-])cc1O.O=c1[nH]c(=S)[nH]c(O)c1N=Nc1ccccc1O.[Co]. The quantitative estimate of drug-likeness (QED) is 0.0107. The molecule has 3 aliphatic rings. The summed E-state index contributed by atoms with van der Waals surface area (Å²) in [7, 11) is 0. The summed E-state index contributed by atoms with van der Waals surface area (Å²) in [5.74, 6) is -0.327. The van der Waals surface area contributed by atoms with Gasteiger partial charge >= 0.3 is 5.97 Å². The molecule has 24 nitrogen and oxygen atoms in total. The topological polar surface area (TPSA) is 347 Å². The van der Waals surface area contributed by atoms with Gasteiger partial charge in [0, 0.05) is 92.4 Å². The van der Waals surface area contributed by atoms with E-state index >= 15 is 0 Å². The largest absolute Gasteiger partial charge is 0.506 e. The minimum absolute atomic E-state index is 0. The van der Waals surface area contributed by atoms with Crippen LogP contribution in [-0.2, 0) is 21.5 Å². The van der Waals surface area contributed by atoms with Gasteiger partial charge in [-0.05, 0) is 132 Å². The summed E-state index contributed by atoms with van der Waals surface area (Å²) in [5.41, 5.74) is 6.76. The average Bonchev–Trinajstić information content (AvgIpc) is 0.735. The van der Waals surface area contributed by atoms with Crippen LogP contribution in [0.25, 0.3) is 16.7 Å². The van der Waals surface area contributed by atoms with Crippen LogP contribution in [0.5, 0.6) is 34.8 Å². The van der Waals surface area contributed by atoms with Crippen molar-refractivity contribution in [3.05, 3.63) is 192 Å². The van der Waals surface area contributed by atoms with Gasteiger partial charge < -0.3 is 44.8 Å². The van der Waals surface area contributed by atoms with Crippen molar-refractivity contribution < 1.29 is 56.4 Å². The van der Waals surface area contributed by atoms with Gasteiger partial charge in [-0.2, -0.15) is 0 Å². The molecule has 0 spiro atoms. The van der Waals surface area contributed by atoms with Gasteiger partial charge in [-0.25, -0.2) is 9.37 Å². The fraction of sp³-hybridized carbons (Fsp3) is 0.267. The minimum atomic E-state index is -0.776. The molecule has 7 aromatic rings. The van der Waals surface area contributed by atoms with Crippen molar-refractivity contribution in [3.8, 4) is 34.8 Å². The number of aromatic amines is 4. The second-order valence-electron chi connectivity index (χ2n) is 20.7. The summed E-state index contributed by atoms with van der Waals surface area (Å²) in [6.45, 7) is 22.1. The first-order valence-electron chi connectivity index (χ1n) is 26.9. The molecule has 27 heteroatoms. The number of esters is 1. The van der Waals surface area contributed by atoms with Crippen molar-refractivity contribution in [2.75, 3.05) is 24.6 Å². The van der Waals surface area contributed by atoms with Gasteiger partial charge in [0.2, 0.25) is 28.5 Å². The average molecular weight is 1270 g/mol. The number of nitro groups is 1. The number of phenols is 2. The molecule has 0 bridgehead atoms. The zero-order valence-electron chi connectivity index (χ0n) is 48.6. The van der Waals surface area contributed by atoms with E-state index in [1.165, 1.54) is 45.5 Å². The molecule has 1 radical (unpaired) electrons. The first kappa shape index (κ1) is 66.6. The van der Waals surface area contributed by atoms with E-state index in [9.17, 15) is 44.9 Å². The van der Waals surface area contributed by atoms with Crippen molar-refractivity contribution in [2.24, 2.45) is 20.5 Å². The van der Waals surface area contributed by atoms with E-state index in [4.69, 9.17) is 19.4 Å². The molecule has 0 unspecified atom stereocenters. The van der Waals surface area contributed by atoms with Gasteiger partial charge in [-0.3, -0.25) is 29.7 Å². The molecule has 0 atom stereocenters. The summed E-state index contributed by atoms with van der Waals surface area (Å²) in [5, 5.41) is 64.9. The zero-order chi connectivity index (χ0) is 62.9. The Bertz CT molecular complexity index is 4340. The van der Waals surface area contributed by atoms with Crippen LogP contribution in [0.1, 0.15) is 108 Å². The van der Waals surface area contributed by atoms with Crippen molar-refractivity contribution >= 4 is 81.2 Å². The van der Waals surface area contributed by atoms with Gasteiger partial charge in [0.1, 0.15) is 40.9 Å². The molecule has 5 heterocycles. The summed E-state index contributed by atoms with van der Waals surface area (Å²) >= 11 is 9.30. The molecular weight excluding hydrogens is 1210 g/mol. The van der Waals surface area contributed by atoms with E-state index in [0.717, 1.165) is 77.5 Å². The Hall–Kier alpha value is -9.57. The smallest absolute Gasteiger partial charge is 0.338 e. The van der Waals surface area contributed by atoms with Crippen LogP contribution in [0.4, 0.5) is 34.1 Å². The maximum absolute atomic E-state index is 13.6. The number of hydrogen-bond donors (Lipinski definition) is 8. The van der Waals surface area contributed by atoms with E-state index in [1.54, 1.807) is 12.1 Å². The number of para-hydroxylation sites is 1. The summed E-state index contributed by atoms with van der Waals surface area (Å²) in [6.07, 6.45) is 6.52. The predicted octanol–water partition coefficient (Wildman–Crippen LogP) is 12.2. The van der Waals surface area contributed by atoms with Crippen LogP contribution in [0.2, 0.25) is 0 Å². The van der Waals surface area contributed by atoms with Gasteiger partial charge in [-0.15, -0.1) is 20.5 Å². The Morgan fingerprint density at radius 2 is 1.30 bits per heavy atom. The van der Waals surface area contributed by atoms with Crippen LogP contribution >= 0.6 is 24.4 Å². The van der Waals surface area contributed by atoms with Crippen molar-refractivity contribution in [2.45, 2.75) is 86.2 Å². The molecule has 0 saturated heterocycles.